The Kier molecular flexibility index (Phi) is 4.92. The van der Waals surface area contributed by atoms with Crippen LogP contribution in [0.5, 0.6) is 5.75 Å². The van der Waals surface area contributed by atoms with Crippen LogP contribution in [0.3, 0.4) is 0 Å². The van der Waals surface area contributed by atoms with Gasteiger partial charge in [-0.15, -0.1) is 0 Å². The van der Waals surface area contributed by atoms with Crippen LogP contribution in [-0.4, -0.2) is 30.4 Å². The lowest BCUT2D eigenvalue weighted by Gasteiger charge is -2.21. The summed E-state index contributed by atoms with van der Waals surface area (Å²) in [5.74, 6) is -0.537. The van der Waals surface area contributed by atoms with Crippen molar-refractivity contribution in [1.29, 1.82) is 0 Å². The fraction of sp³-hybridized carbons (Fsp3) is 0.400. The van der Waals surface area contributed by atoms with Gasteiger partial charge in [-0.05, 0) is 30.5 Å². The van der Waals surface area contributed by atoms with Crippen molar-refractivity contribution in [2.45, 2.75) is 32.2 Å². The van der Waals surface area contributed by atoms with E-state index in [2.05, 4.69) is 10.6 Å². The maximum absolute atomic E-state index is 11.8. The number of aryl methyl sites for hydroxylation is 1. The molecular formula is C15H18N2O4. The summed E-state index contributed by atoms with van der Waals surface area (Å²) < 4.78 is 5.40. The van der Waals surface area contributed by atoms with Crippen LogP contribution < -0.4 is 15.4 Å². The summed E-state index contributed by atoms with van der Waals surface area (Å²) in [6.07, 6.45) is 1.44. The van der Waals surface area contributed by atoms with Crippen LogP contribution in [0.4, 0.5) is 0 Å². The molecule has 3 amide bonds. The molecule has 1 saturated heterocycles. The van der Waals surface area contributed by atoms with E-state index < -0.39 is 11.9 Å². The standard InChI is InChI=1S/C15H18N2O4/c1-2-10-4-3-5-11(8-10)21-9-14(19)16-12-6-7-13(18)17-15(12)20/h3-5,8,12H,2,6-7,9H2,1H3,(H,16,19)(H,17,18,20). The maximum Gasteiger partial charge on any atom is 0.258 e. The molecule has 0 bridgehead atoms. The van der Waals surface area contributed by atoms with Gasteiger partial charge in [-0.25, -0.2) is 0 Å². The molecule has 1 aliphatic rings. The third kappa shape index (κ3) is 4.30. The van der Waals surface area contributed by atoms with E-state index >= 15 is 0 Å². The van der Waals surface area contributed by atoms with Gasteiger partial charge < -0.3 is 10.1 Å². The van der Waals surface area contributed by atoms with Gasteiger partial charge in [0.1, 0.15) is 11.8 Å². The van der Waals surface area contributed by atoms with E-state index in [1.807, 2.05) is 25.1 Å². The lowest BCUT2D eigenvalue weighted by atomic mass is 10.1. The minimum atomic E-state index is -0.666. The van der Waals surface area contributed by atoms with Crippen LogP contribution >= 0.6 is 0 Å². The molecule has 0 aliphatic carbocycles. The highest BCUT2D eigenvalue weighted by molar-refractivity contribution is 6.01. The number of amides is 3. The number of benzene rings is 1. The molecule has 0 saturated carbocycles. The van der Waals surface area contributed by atoms with Gasteiger partial charge in [0.2, 0.25) is 11.8 Å². The SMILES string of the molecule is CCc1cccc(OCC(=O)NC2CCC(=O)NC2=O)c1. The van der Waals surface area contributed by atoms with Gasteiger partial charge in [0.15, 0.2) is 6.61 Å². The number of rotatable bonds is 5. The van der Waals surface area contributed by atoms with E-state index in [0.717, 1.165) is 12.0 Å². The molecule has 0 aromatic heterocycles. The molecule has 1 atom stereocenters. The van der Waals surface area contributed by atoms with E-state index in [0.29, 0.717) is 12.2 Å². The van der Waals surface area contributed by atoms with E-state index in [1.54, 1.807) is 6.07 Å². The van der Waals surface area contributed by atoms with Gasteiger partial charge in [-0.1, -0.05) is 19.1 Å². The molecule has 1 fully saturated rings. The number of nitrogens with one attached hydrogen (secondary N) is 2. The number of carbonyl (C=O) groups is 3. The molecule has 112 valence electrons. The van der Waals surface area contributed by atoms with Crippen LogP contribution in [-0.2, 0) is 20.8 Å². The first kappa shape index (κ1) is 15.0. The summed E-state index contributed by atoms with van der Waals surface area (Å²) in [4.78, 5) is 34.3. The Labute approximate surface area is 122 Å². The predicted molar refractivity (Wildman–Crippen MR) is 75.6 cm³/mol. The van der Waals surface area contributed by atoms with Gasteiger partial charge in [0.05, 0.1) is 0 Å². The molecule has 2 rings (SSSR count). The number of hydrogen-bond donors (Lipinski definition) is 2. The smallest absolute Gasteiger partial charge is 0.258 e. The summed E-state index contributed by atoms with van der Waals surface area (Å²) in [6.45, 7) is 1.87. The van der Waals surface area contributed by atoms with Gasteiger partial charge in [-0.2, -0.15) is 0 Å². The highest BCUT2D eigenvalue weighted by Gasteiger charge is 2.27. The van der Waals surface area contributed by atoms with Crippen molar-refractivity contribution >= 4 is 17.7 Å². The normalized spacial score (nSPS) is 18.0. The summed E-state index contributed by atoms with van der Waals surface area (Å²) in [5, 5.41) is 4.75. The molecule has 1 aromatic carbocycles. The first-order valence-corrected chi connectivity index (χ1v) is 6.93. The zero-order valence-corrected chi connectivity index (χ0v) is 11.8. The first-order valence-electron chi connectivity index (χ1n) is 6.93. The molecule has 1 unspecified atom stereocenters. The van der Waals surface area contributed by atoms with E-state index in [9.17, 15) is 14.4 Å². The first-order chi connectivity index (χ1) is 10.1. The quantitative estimate of drug-likeness (QED) is 0.776. The molecule has 6 nitrogen and oxygen atoms in total. The molecule has 6 heteroatoms. The average Bonchev–Trinajstić information content (AvgIpc) is 2.48. The molecule has 2 N–H and O–H groups in total. The monoisotopic (exact) mass is 290 g/mol. The second kappa shape index (κ2) is 6.88. The van der Waals surface area contributed by atoms with E-state index in [4.69, 9.17) is 4.74 Å². The molecule has 21 heavy (non-hydrogen) atoms. The second-order valence-corrected chi connectivity index (χ2v) is 4.86. The van der Waals surface area contributed by atoms with Crippen LogP contribution in [0.15, 0.2) is 24.3 Å². The summed E-state index contributed by atoms with van der Waals surface area (Å²) in [5.41, 5.74) is 1.12. The Morgan fingerprint density at radius 1 is 1.43 bits per heavy atom. The summed E-state index contributed by atoms with van der Waals surface area (Å²) >= 11 is 0. The lowest BCUT2D eigenvalue weighted by Crippen LogP contribution is -2.53. The van der Waals surface area contributed by atoms with Gasteiger partial charge in [0.25, 0.3) is 5.91 Å². The minimum Gasteiger partial charge on any atom is -0.484 e. The van der Waals surface area contributed by atoms with E-state index in [1.165, 1.54) is 0 Å². The lowest BCUT2D eigenvalue weighted by molar-refractivity contribution is -0.137. The zero-order valence-electron chi connectivity index (χ0n) is 11.8. The van der Waals surface area contributed by atoms with E-state index in [-0.39, 0.29) is 24.8 Å². The van der Waals surface area contributed by atoms with Crippen molar-refractivity contribution in [3.63, 3.8) is 0 Å². The average molecular weight is 290 g/mol. The number of ether oxygens (including phenoxy) is 1. The predicted octanol–water partition coefficient (Wildman–Crippen LogP) is 0.549. The number of hydrogen-bond acceptors (Lipinski definition) is 4. The molecule has 0 radical (unpaired) electrons. The van der Waals surface area contributed by atoms with Crippen molar-refractivity contribution in [2.75, 3.05) is 6.61 Å². The Morgan fingerprint density at radius 3 is 2.95 bits per heavy atom. The number of imide groups is 1. The second-order valence-electron chi connectivity index (χ2n) is 4.86. The molecule has 0 spiro atoms. The minimum absolute atomic E-state index is 0.162. The van der Waals surface area contributed by atoms with Gasteiger partial charge >= 0.3 is 0 Å². The van der Waals surface area contributed by atoms with Gasteiger partial charge in [-0.3, -0.25) is 19.7 Å². The third-order valence-corrected chi connectivity index (χ3v) is 3.25. The largest absolute Gasteiger partial charge is 0.484 e. The van der Waals surface area contributed by atoms with Crippen molar-refractivity contribution < 1.29 is 19.1 Å². The number of carbonyl (C=O) groups excluding carboxylic acids is 3. The Hall–Kier alpha value is -2.37. The highest BCUT2D eigenvalue weighted by Crippen LogP contribution is 2.13. The van der Waals surface area contributed by atoms with Crippen LogP contribution in [0.1, 0.15) is 25.3 Å². The number of piperidine rings is 1. The Bertz CT molecular complexity index is 556. The van der Waals surface area contributed by atoms with Crippen molar-refractivity contribution in [3.05, 3.63) is 29.8 Å². The molecule has 1 heterocycles. The summed E-state index contributed by atoms with van der Waals surface area (Å²) in [6, 6.07) is 6.83. The molecule has 1 aromatic rings. The maximum atomic E-state index is 11.8. The summed E-state index contributed by atoms with van der Waals surface area (Å²) in [7, 11) is 0. The van der Waals surface area contributed by atoms with Crippen LogP contribution in [0.25, 0.3) is 0 Å². The fourth-order valence-corrected chi connectivity index (χ4v) is 2.07. The molecular weight excluding hydrogens is 272 g/mol. The van der Waals surface area contributed by atoms with Crippen LogP contribution in [0, 0.1) is 0 Å². The van der Waals surface area contributed by atoms with Crippen LogP contribution in [0.2, 0.25) is 0 Å². The Balaban J connectivity index is 1.82. The van der Waals surface area contributed by atoms with Gasteiger partial charge in [0, 0.05) is 6.42 Å². The molecule has 1 aliphatic heterocycles. The van der Waals surface area contributed by atoms with Crippen molar-refractivity contribution in [3.8, 4) is 5.75 Å². The topological polar surface area (TPSA) is 84.5 Å². The van der Waals surface area contributed by atoms with Crippen molar-refractivity contribution in [1.82, 2.24) is 10.6 Å². The highest BCUT2D eigenvalue weighted by atomic mass is 16.5. The fourth-order valence-electron chi connectivity index (χ4n) is 2.07. The third-order valence-electron chi connectivity index (χ3n) is 3.25. The van der Waals surface area contributed by atoms with Crippen molar-refractivity contribution in [2.24, 2.45) is 0 Å². The Morgan fingerprint density at radius 2 is 2.24 bits per heavy atom. The zero-order chi connectivity index (χ0) is 15.2.